The molecule has 2 aromatic rings. The van der Waals surface area contributed by atoms with Crippen molar-refractivity contribution in [2.45, 2.75) is 50.5 Å². The van der Waals surface area contributed by atoms with Gasteiger partial charge in [-0.2, -0.15) is 0 Å². The zero-order valence-corrected chi connectivity index (χ0v) is 17.1. The molecule has 150 valence electrons. The van der Waals surface area contributed by atoms with Crippen molar-refractivity contribution >= 4 is 38.4 Å². The fourth-order valence-corrected chi connectivity index (χ4v) is 6.80. The predicted octanol–water partition coefficient (Wildman–Crippen LogP) is 3.45. The van der Waals surface area contributed by atoms with Gasteiger partial charge in [0.25, 0.3) is 0 Å². The molecule has 6 nitrogen and oxygen atoms in total. The molecule has 1 amide bonds. The van der Waals surface area contributed by atoms with E-state index in [4.69, 9.17) is 16.0 Å². The summed E-state index contributed by atoms with van der Waals surface area (Å²) in [6, 6.07) is 5.70. The number of halogens is 1. The highest BCUT2D eigenvalue weighted by Crippen LogP contribution is 2.61. The molecule has 0 unspecified atom stereocenters. The fourth-order valence-electron chi connectivity index (χ4n) is 5.15. The zero-order chi connectivity index (χ0) is 19.5. The summed E-state index contributed by atoms with van der Waals surface area (Å²) >= 11 is 6.01. The topological polar surface area (TPSA) is 89.3 Å². The Morgan fingerprint density at radius 1 is 1.18 bits per heavy atom. The molecule has 8 heteroatoms. The van der Waals surface area contributed by atoms with Gasteiger partial charge in [0.2, 0.25) is 5.91 Å². The van der Waals surface area contributed by atoms with E-state index in [0.29, 0.717) is 29.2 Å². The minimum Gasteiger partial charge on any atom is -0.440 e. The Kier molecular flexibility index (Phi) is 4.25. The third kappa shape index (κ3) is 3.32. The highest BCUT2D eigenvalue weighted by molar-refractivity contribution is 7.91. The molecule has 1 spiro atoms. The molecule has 3 fully saturated rings. The Morgan fingerprint density at radius 3 is 2.61 bits per heavy atom. The second-order valence-corrected chi connectivity index (χ2v) is 11.5. The lowest BCUT2D eigenvalue weighted by molar-refractivity contribution is -0.129. The normalized spacial score (nSPS) is 32.0. The molecule has 2 aliphatic carbocycles. The third-order valence-corrected chi connectivity index (χ3v) is 8.66. The number of fused-ring (bicyclic) bond motifs is 1. The highest BCUT2D eigenvalue weighted by Gasteiger charge is 2.54. The maximum absolute atomic E-state index is 12.4. The molecule has 0 bridgehead atoms. The molecule has 28 heavy (non-hydrogen) atoms. The van der Waals surface area contributed by atoms with Crippen LogP contribution in [0, 0.1) is 11.3 Å². The minimum atomic E-state index is -2.93. The number of aromatic nitrogens is 1. The summed E-state index contributed by atoms with van der Waals surface area (Å²) < 4.78 is 28.9. The monoisotopic (exact) mass is 422 g/mol. The average molecular weight is 423 g/mol. The van der Waals surface area contributed by atoms with Crippen molar-refractivity contribution in [2.75, 3.05) is 11.5 Å². The molecule has 5 rings (SSSR count). The summed E-state index contributed by atoms with van der Waals surface area (Å²) in [5.41, 5.74) is 1.88. The van der Waals surface area contributed by atoms with Crippen LogP contribution in [0.15, 0.2) is 22.6 Å². The van der Waals surface area contributed by atoms with Crippen molar-refractivity contribution in [3.63, 3.8) is 0 Å². The van der Waals surface area contributed by atoms with E-state index in [2.05, 4.69) is 10.3 Å². The smallest absolute Gasteiger partial charge is 0.223 e. The average Bonchev–Trinajstić information content (AvgIpc) is 2.97. The number of benzene rings is 1. The van der Waals surface area contributed by atoms with Gasteiger partial charge < -0.3 is 9.73 Å². The van der Waals surface area contributed by atoms with Gasteiger partial charge in [0.15, 0.2) is 11.5 Å². The van der Waals surface area contributed by atoms with Crippen molar-refractivity contribution in [3.8, 4) is 0 Å². The Balaban J connectivity index is 1.12. The van der Waals surface area contributed by atoms with Crippen molar-refractivity contribution < 1.29 is 17.6 Å². The van der Waals surface area contributed by atoms with Crippen molar-refractivity contribution in [1.29, 1.82) is 0 Å². The molecule has 1 aliphatic heterocycles. The zero-order valence-electron chi connectivity index (χ0n) is 15.5. The molecular weight excluding hydrogens is 400 g/mol. The molecule has 2 saturated carbocycles. The van der Waals surface area contributed by atoms with Gasteiger partial charge in [0.1, 0.15) is 15.4 Å². The molecule has 3 aliphatic rings. The Bertz CT molecular complexity index is 1020. The number of rotatable bonds is 3. The first-order valence-corrected chi connectivity index (χ1v) is 12.1. The number of oxazole rings is 1. The van der Waals surface area contributed by atoms with Crippen molar-refractivity contribution in [1.82, 2.24) is 10.3 Å². The van der Waals surface area contributed by atoms with Crippen LogP contribution >= 0.6 is 11.6 Å². The number of carbonyl (C=O) groups excluding carboxylic acids is 1. The first-order chi connectivity index (χ1) is 13.3. The third-order valence-electron chi connectivity index (χ3n) is 6.70. The van der Waals surface area contributed by atoms with Gasteiger partial charge >= 0.3 is 0 Å². The Labute approximate surface area is 168 Å². The lowest BCUT2D eigenvalue weighted by Crippen LogP contribution is -2.56. The number of sulfone groups is 1. The summed E-state index contributed by atoms with van der Waals surface area (Å²) in [6.07, 6.45) is 4.98. The number of hydrogen-bond donors (Lipinski definition) is 1. The van der Waals surface area contributed by atoms with Crippen molar-refractivity contribution in [3.05, 3.63) is 29.1 Å². The van der Waals surface area contributed by atoms with Gasteiger partial charge in [-0.15, -0.1) is 0 Å². The van der Waals surface area contributed by atoms with Crippen LogP contribution in [0.25, 0.3) is 11.1 Å². The van der Waals surface area contributed by atoms with E-state index >= 15 is 0 Å². The van der Waals surface area contributed by atoms with E-state index < -0.39 is 9.84 Å². The summed E-state index contributed by atoms with van der Waals surface area (Å²) in [6.45, 7) is 0. The van der Waals surface area contributed by atoms with Crippen LogP contribution in [0.4, 0.5) is 0 Å². The standard InChI is InChI=1S/C20H23ClN2O4S/c21-14-1-2-17-16(7-14)23-19(27-17)13-8-20(9-13)10-15(11-20)22-18(24)12-3-5-28(25,26)6-4-12/h1-2,7,12-13,15H,3-6,8-11H2,(H,22,24)/t13-,15-,20?. The second-order valence-electron chi connectivity index (χ2n) is 8.81. The van der Waals surface area contributed by atoms with Crippen molar-refractivity contribution in [2.24, 2.45) is 11.3 Å². The van der Waals surface area contributed by atoms with E-state index in [-0.39, 0.29) is 29.4 Å². The number of amides is 1. The summed E-state index contributed by atoms with van der Waals surface area (Å²) in [5.74, 6) is 1.28. The van der Waals surface area contributed by atoms with E-state index in [0.717, 1.165) is 42.7 Å². The van der Waals surface area contributed by atoms with Gasteiger partial charge in [0.05, 0.1) is 11.5 Å². The first-order valence-electron chi connectivity index (χ1n) is 9.88. The first kappa shape index (κ1) is 18.4. The van der Waals surface area contributed by atoms with E-state index in [1.807, 2.05) is 18.2 Å². The highest BCUT2D eigenvalue weighted by atomic mass is 35.5. The van der Waals surface area contributed by atoms with Crippen LogP contribution in [0.5, 0.6) is 0 Å². The predicted molar refractivity (Wildman–Crippen MR) is 106 cm³/mol. The summed E-state index contributed by atoms with van der Waals surface area (Å²) in [7, 11) is -2.93. The number of nitrogens with zero attached hydrogens (tertiary/aromatic N) is 1. The second kappa shape index (κ2) is 6.46. The molecule has 1 aromatic heterocycles. The quantitative estimate of drug-likeness (QED) is 0.818. The SMILES string of the molecule is O=C(N[C@H]1CC2(C1)C[C@H](c1nc3cc(Cl)ccc3o1)C2)C1CCS(=O)(=O)CC1. The molecule has 1 saturated heterocycles. The molecule has 0 radical (unpaired) electrons. The van der Waals surface area contributed by atoms with Gasteiger partial charge in [-0.25, -0.2) is 13.4 Å². The van der Waals surface area contributed by atoms with E-state index in [1.165, 1.54) is 0 Å². The largest absolute Gasteiger partial charge is 0.440 e. The molecule has 2 heterocycles. The number of hydrogen-bond acceptors (Lipinski definition) is 5. The van der Waals surface area contributed by atoms with Gasteiger partial charge in [-0.3, -0.25) is 4.79 Å². The lowest BCUT2D eigenvalue weighted by Gasteiger charge is -2.57. The minimum absolute atomic E-state index is 0.0291. The summed E-state index contributed by atoms with van der Waals surface area (Å²) in [5, 5.41) is 3.79. The van der Waals surface area contributed by atoms with E-state index in [9.17, 15) is 13.2 Å². The van der Waals surface area contributed by atoms with Gasteiger partial charge in [0, 0.05) is 22.9 Å². The summed E-state index contributed by atoms with van der Waals surface area (Å²) in [4.78, 5) is 17.0. The van der Waals surface area contributed by atoms with Gasteiger partial charge in [-0.1, -0.05) is 11.6 Å². The Hall–Kier alpha value is -1.60. The molecule has 1 aromatic carbocycles. The van der Waals surface area contributed by atoms with Crippen LogP contribution in [-0.2, 0) is 14.6 Å². The van der Waals surface area contributed by atoms with Crippen LogP contribution in [-0.4, -0.2) is 36.9 Å². The number of carbonyl (C=O) groups is 1. The maximum atomic E-state index is 12.4. The van der Waals surface area contributed by atoms with Gasteiger partial charge in [-0.05, 0) is 62.1 Å². The van der Waals surface area contributed by atoms with Crippen LogP contribution in [0.3, 0.4) is 0 Å². The fraction of sp³-hybridized carbons (Fsp3) is 0.600. The van der Waals surface area contributed by atoms with Crippen LogP contribution in [0.1, 0.15) is 50.3 Å². The lowest BCUT2D eigenvalue weighted by atomic mass is 9.50. The maximum Gasteiger partial charge on any atom is 0.223 e. The molecular formula is C20H23ClN2O4S. The number of nitrogens with one attached hydrogen (secondary N) is 1. The molecule has 1 N–H and O–H groups in total. The van der Waals surface area contributed by atoms with E-state index in [1.54, 1.807) is 0 Å². The Morgan fingerprint density at radius 2 is 1.89 bits per heavy atom. The van der Waals surface area contributed by atoms with Crippen LogP contribution in [0.2, 0.25) is 5.02 Å². The molecule has 0 atom stereocenters. The van der Waals surface area contributed by atoms with Crippen LogP contribution < -0.4 is 5.32 Å².